The largest absolute Gasteiger partial charge is 0.405 e. The van der Waals surface area contributed by atoms with Crippen LogP contribution in [0.2, 0.25) is 0 Å². The minimum Gasteiger partial charge on any atom is -0.354 e. The first kappa shape index (κ1) is 29.6. The summed E-state index contributed by atoms with van der Waals surface area (Å²) in [7, 11) is 0. The molecule has 36 heavy (non-hydrogen) atoms. The number of hydrogen-bond donors (Lipinski definition) is 4. The summed E-state index contributed by atoms with van der Waals surface area (Å²) in [5, 5.41) is 18.7. The van der Waals surface area contributed by atoms with E-state index in [0.29, 0.717) is 11.1 Å². The van der Waals surface area contributed by atoms with Crippen molar-refractivity contribution in [1.29, 1.82) is 0 Å². The number of hydrogen-bond acceptors (Lipinski definition) is 5. The predicted molar refractivity (Wildman–Crippen MR) is 139 cm³/mol. The van der Waals surface area contributed by atoms with Gasteiger partial charge < -0.3 is 10.6 Å². The molecular weight excluding hydrogens is 546 g/mol. The highest BCUT2D eigenvalue weighted by Crippen LogP contribution is 2.18. The summed E-state index contributed by atoms with van der Waals surface area (Å²) in [5.74, 6) is 0. The van der Waals surface area contributed by atoms with Crippen molar-refractivity contribution in [3.05, 3.63) is 65.7 Å². The van der Waals surface area contributed by atoms with Crippen molar-refractivity contribution >= 4 is 58.8 Å². The zero-order valence-electron chi connectivity index (χ0n) is 18.5. The maximum Gasteiger partial charge on any atom is 0.405 e. The topological polar surface area (TPSA) is 73.5 Å². The van der Waals surface area contributed by atoms with Gasteiger partial charge in [-0.2, -0.15) is 26.3 Å². The molecular formula is C21H20F6N6S3. The lowest BCUT2D eigenvalue weighted by Gasteiger charge is -2.11. The van der Waals surface area contributed by atoms with Gasteiger partial charge in [-0.05, 0) is 18.4 Å². The average molecular weight is 567 g/mol. The van der Waals surface area contributed by atoms with E-state index in [0.717, 1.165) is 4.90 Å². The fourth-order valence-electron chi connectivity index (χ4n) is 2.45. The molecule has 0 saturated carbocycles. The highest BCUT2D eigenvalue weighted by Gasteiger charge is 2.27. The van der Waals surface area contributed by atoms with Gasteiger partial charge in [-0.15, -0.1) is 57.4 Å². The lowest BCUT2D eigenvalue weighted by Crippen LogP contribution is -2.31. The second kappa shape index (κ2) is 13.6. The minimum atomic E-state index is -4.50. The summed E-state index contributed by atoms with van der Waals surface area (Å²) >= 11 is 9.26. The molecule has 0 bridgehead atoms. The van der Waals surface area contributed by atoms with E-state index in [2.05, 4.69) is 45.7 Å². The fourth-order valence-corrected chi connectivity index (χ4v) is 3.11. The number of rotatable bonds is 8. The van der Waals surface area contributed by atoms with Crippen molar-refractivity contribution in [2.75, 3.05) is 19.3 Å². The lowest BCUT2D eigenvalue weighted by molar-refractivity contribution is -0.122. The number of amidine groups is 2. The molecule has 0 spiro atoms. The molecule has 0 aliphatic carbocycles. The molecule has 2 N–H and O–H groups in total. The van der Waals surface area contributed by atoms with E-state index >= 15 is 0 Å². The zero-order chi connectivity index (χ0) is 26.8. The molecule has 0 saturated heterocycles. The Labute approximate surface area is 218 Å². The van der Waals surface area contributed by atoms with Gasteiger partial charge >= 0.3 is 12.4 Å². The van der Waals surface area contributed by atoms with Crippen LogP contribution in [0.25, 0.3) is 0 Å². The van der Waals surface area contributed by atoms with Crippen LogP contribution >= 0.6 is 37.0 Å². The SMILES string of the molecule is CSc1ccc(C(=N\N=C(/S)NCC(F)(F)F)/C(=N/N=C(\S)NCC(F)(F)F)c2ccccc2)cc1. The van der Waals surface area contributed by atoms with Crippen LogP contribution in [0, 0.1) is 0 Å². The maximum atomic E-state index is 12.5. The third-order valence-corrected chi connectivity index (χ3v) is 5.26. The standard InChI is InChI=1S/C21H20F6N6S3/c1-36-15-9-7-14(8-10-15)17(31-33-19(35)29-12-21(25,26)27)16(13-5-3-2-4-6-13)30-32-18(34)28-11-20(22,23)24/h2-10H,11-12H2,1H3,(H2,28,32,34)(H2,29,33,35)/b30-16+,31-17+. The van der Waals surface area contributed by atoms with Crippen molar-refractivity contribution in [2.45, 2.75) is 17.2 Å². The molecule has 15 heteroatoms. The number of nitrogens with zero attached hydrogens (tertiary/aromatic N) is 4. The van der Waals surface area contributed by atoms with Gasteiger partial charge in [0.1, 0.15) is 24.5 Å². The molecule has 0 heterocycles. The van der Waals surface area contributed by atoms with Crippen LogP contribution in [-0.2, 0) is 0 Å². The van der Waals surface area contributed by atoms with Crippen LogP contribution in [-0.4, -0.2) is 53.5 Å². The van der Waals surface area contributed by atoms with Crippen molar-refractivity contribution in [1.82, 2.24) is 10.6 Å². The Morgan fingerprint density at radius 3 is 1.50 bits per heavy atom. The quantitative estimate of drug-likeness (QED) is 0.0865. The highest BCUT2D eigenvalue weighted by molar-refractivity contribution is 7.98. The Morgan fingerprint density at radius 1 is 0.694 bits per heavy atom. The molecule has 0 fully saturated rings. The molecule has 6 nitrogen and oxygen atoms in total. The van der Waals surface area contributed by atoms with Crippen LogP contribution in [0.3, 0.4) is 0 Å². The smallest absolute Gasteiger partial charge is 0.354 e. The van der Waals surface area contributed by atoms with Crippen LogP contribution < -0.4 is 10.6 Å². The Kier molecular flexibility index (Phi) is 11.2. The number of halogens is 6. The summed E-state index contributed by atoms with van der Waals surface area (Å²) < 4.78 is 75.0. The van der Waals surface area contributed by atoms with E-state index < -0.39 is 35.8 Å². The number of benzene rings is 2. The van der Waals surface area contributed by atoms with E-state index in [-0.39, 0.29) is 11.4 Å². The van der Waals surface area contributed by atoms with Crippen LogP contribution in [0.15, 0.2) is 79.9 Å². The molecule has 0 atom stereocenters. The summed E-state index contributed by atoms with van der Waals surface area (Å²) in [5.41, 5.74) is 1.09. The maximum absolute atomic E-state index is 12.5. The Morgan fingerprint density at radius 2 is 1.11 bits per heavy atom. The first-order chi connectivity index (χ1) is 16.9. The van der Waals surface area contributed by atoms with E-state index in [1.165, 1.54) is 11.8 Å². The van der Waals surface area contributed by atoms with Gasteiger partial charge in [-0.1, -0.05) is 42.5 Å². The van der Waals surface area contributed by atoms with Crippen LogP contribution in [0.4, 0.5) is 26.3 Å². The zero-order valence-corrected chi connectivity index (χ0v) is 21.1. The van der Waals surface area contributed by atoms with Crippen molar-refractivity contribution in [2.24, 2.45) is 20.4 Å². The number of thioether (sulfide) groups is 1. The van der Waals surface area contributed by atoms with Crippen LogP contribution in [0.5, 0.6) is 0 Å². The second-order valence-electron chi connectivity index (χ2n) is 6.78. The summed E-state index contributed by atoms with van der Waals surface area (Å²) in [6, 6.07) is 15.3. The van der Waals surface area contributed by atoms with Gasteiger partial charge in [-0.3, -0.25) is 0 Å². The molecule has 2 aromatic rings. The molecule has 0 unspecified atom stereocenters. The molecule has 0 radical (unpaired) electrons. The molecule has 194 valence electrons. The van der Waals surface area contributed by atoms with Gasteiger partial charge in [0, 0.05) is 16.0 Å². The molecule has 0 aliphatic heterocycles. The van der Waals surface area contributed by atoms with E-state index in [4.69, 9.17) is 0 Å². The highest BCUT2D eigenvalue weighted by atomic mass is 32.2. The van der Waals surface area contributed by atoms with E-state index in [1.807, 2.05) is 16.9 Å². The molecule has 0 aliphatic rings. The number of thiol groups is 2. The Bertz CT molecular complexity index is 1110. The average Bonchev–Trinajstić information content (AvgIpc) is 2.83. The monoisotopic (exact) mass is 566 g/mol. The Balaban J connectivity index is 2.57. The first-order valence-corrected chi connectivity index (χ1v) is 12.0. The minimum absolute atomic E-state index is 0.0774. The molecule has 0 aromatic heterocycles. The van der Waals surface area contributed by atoms with Gasteiger partial charge in [0.15, 0.2) is 10.3 Å². The number of nitrogens with one attached hydrogen (secondary N) is 2. The molecule has 0 amide bonds. The van der Waals surface area contributed by atoms with Crippen molar-refractivity contribution < 1.29 is 26.3 Å². The third kappa shape index (κ3) is 11.0. The van der Waals surface area contributed by atoms with Gasteiger partial charge in [0.25, 0.3) is 0 Å². The van der Waals surface area contributed by atoms with Gasteiger partial charge in [0.05, 0.1) is 0 Å². The fraction of sp³-hybridized carbons (Fsp3) is 0.238. The van der Waals surface area contributed by atoms with E-state index in [1.54, 1.807) is 54.6 Å². The normalized spacial score (nSPS) is 14.1. The number of alkyl halides is 6. The predicted octanol–water partition coefficient (Wildman–Crippen LogP) is 5.39. The van der Waals surface area contributed by atoms with Crippen molar-refractivity contribution in [3.63, 3.8) is 0 Å². The van der Waals surface area contributed by atoms with Crippen LogP contribution in [0.1, 0.15) is 11.1 Å². The van der Waals surface area contributed by atoms with Crippen molar-refractivity contribution in [3.8, 4) is 0 Å². The first-order valence-electron chi connectivity index (χ1n) is 9.88. The van der Waals surface area contributed by atoms with Gasteiger partial charge in [-0.25, -0.2) is 0 Å². The molecule has 2 aromatic carbocycles. The third-order valence-electron chi connectivity index (χ3n) is 4.02. The summed E-state index contributed by atoms with van der Waals surface area (Å²) in [6.45, 7) is -2.75. The molecule has 2 rings (SSSR count). The summed E-state index contributed by atoms with van der Waals surface area (Å²) in [4.78, 5) is 0.925. The Hall–Kier alpha value is -2.65. The summed E-state index contributed by atoms with van der Waals surface area (Å²) in [6.07, 6.45) is -7.12. The second-order valence-corrected chi connectivity index (χ2v) is 8.50. The van der Waals surface area contributed by atoms with Gasteiger partial charge in [0.2, 0.25) is 0 Å². The van der Waals surface area contributed by atoms with E-state index in [9.17, 15) is 26.3 Å². The lowest BCUT2D eigenvalue weighted by atomic mass is 10.00.